The number of aryl methyl sites for hydroxylation is 3. The second-order valence-electron chi connectivity index (χ2n) is 8.83. The van der Waals surface area contributed by atoms with Crippen LogP contribution < -0.4 is 10.1 Å². The van der Waals surface area contributed by atoms with Gasteiger partial charge in [0, 0.05) is 13.0 Å². The quantitative estimate of drug-likeness (QED) is 0.244. The second-order valence-corrected chi connectivity index (χ2v) is 9.24. The number of para-hydroxylation sites is 2. The van der Waals surface area contributed by atoms with Crippen LogP contribution in [0.25, 0.3) is 11.0 Å². The number of carbonyl (C=O) groups excluding carboxylic acids is 1. The Hall–Kier alpha value is -3.31. The average Bonchev–Trinajstić information content (AvgIpc) is 3.20. The lowest BCUT2D eigenvalue weighted by Gasteiger charge is -2.13. The van der Waals surface area contributed by atoms with Gasteiger partial charge in [0.25, 0.3) is 5.91 Å². The van der Waals surface area contributed by atoms with Crippen LogP contribution in [0, 0.1) is 13.8 Å². The number of hydrogen-bond acceptors (Lipinski definition) is 3. The van der Waals surface area contributed by atoms with Crippen molar-refractivity contribution >= 4 is 28.5 Å². The molecular formula is C29H32ClN3O2. The van der Waals surface area contributed by atoms with E-state index in [9.17, 15) is 4.79 Å². The number of imidazole rings is 1. The Morgan fingerprint density at radius 2 is 1.80 bits per heavy atom. The molecule has 0 aliphatic heterocycles. The van der Waals surface area contributed by atoms with Crippen LogP contribution in [-0.4, -0.2) is 28.6 Å². The number of amides is 1. The first-order valence-corrected chi connectivity index (χ1v) is 12.6. The molecule has 0 unspecified atom stereocenters. The largest absolute Gasteiger partial charge is 0.491 e. The molecule has 0 aliphatic rings. The summed E-state index contributed by atoms with van der Waals surface area (Å²) >= 11 is 6.10. The molecule has 4 aromatic rings. The highest BCUT2D eigenvalue weighted by atomic mass is 35.5. The van der Waals surface area contributed by atoms with Crippen LogP contribution in [0.1, 0.15) is 46.6 Å². The van der Waals surface area contributed by atoms with Crippen LogP contribution in [0.15, 0.2) is 66.7 Å². The van der Waals surface area contributed by atoms with Gasteiger partial charge in [0.15, 0.2) is 0 Å². The molecule has 0 saturated heterocycles. The summed E-state index contributed by atoms with van der Waals surface area (Å²) < 4.78 is 8.37. The maximum absolute atomic E-state index is 12.3. The monoisotopic (exact) mass is 489 g/mol. The van der Waals surface area contributed by atoms with Gasteiger partial charge in [0.1, 0.15) is 18.2 Å². The van der Waals surface area contributed by atoms with E-state index >= 15 is 0 Å². The molecule has 0 fully saturated rings. The second kappa shape index (κ2) is 11.9. The molecule has 3 aromatic carbocycles. The van der Waals surface area contributed by atoms with Gasteiger partial charge in [-0.1, -0.05) is 60.0 Å². The van der Waals surface area contributed by atoms with E-state index in [1.54, 1.807) is 12.1 Å². The zero-order valence-electron chi connectivity index (χ0n) is 20.4. The summed E-state index contributed by atoms with van der Waals surface area (Å²) in [5.41, 5.74) is 5.06. The molecule has 182 valence electrons. The van der Waals surface area contributed by atoms with Crippen molar-refractivity contribution in [1.29, 1.82) is 0 Å². The molecule has 0 radical (unpaired) electrons. The Bertz CT molecular complexity index is 1300. The maximum atomic E-state index is 12.3. The fourth-order valence-electron chi connectivity index (χ4n) is 4.30. The van der Waals surface area contributed by atoms with Gasteiger partial charge in [0.2, 0.25) is 0 Å². The van der Waals surface area contributed by atoms with Gasteiger partial charge < -0.3 is 14.6 Å². The van der Waals surface area contributed by atoms with Crippen LogP contribution in [0.2, 0.25) is 5.02 Å². The van der Waals surface area contributed by atoms with Crippen molar-refractivity contribution in [2.45, 2.75) is 46.1 Å². The number of aromatic nitrogens is 2. The van der Waals surface area contributed by atoms with E-state index in [1.165, 1.54) is 5.56 Å². The Morgan fingerprint density at radius 1 is 1.00 bits per heavy atom. The fraction of sp³-hybridized carbons (Fsp3) is 0.310. The van der Waals surface area contributed by atoms with Crippen LogP contribution in [0.4, 0.5) is 0 Å². The summed E-state index contributed by atoms with van der Waals surface area (Å²) in [5, 5.41) is 3.44. The minimum atomic E-state index is -0.124. The van der Waals surface area contributed by atoms with Crippen molar-refractivity contribution in [3.8, 4) is 5.75 Å². The Balaban J connectivity index is 1.29. The number of hydrogen-bond donors (Lipinski definition) is 1. The standard InChI is InChI=1S/C29H32ClN3O2/c1-21-15-16-27(22(2)20-21)35-19-18-33-26-13-8-7-12-25(26)32-28(33)14-4-3-9-17-31-29(34)23-10-5-6-11-24(23)30/h5-8,10-13,15-16,20H,3-4,9,14,17-19H2,1-2H3,(H,31,34). The molecule has 0 aliphatic carbocycles. The molecule has 5 nitrogen and oxygen atoms in total. The van der Waals surface area contributed by atoms with Crippen molar-refractivity contribution in [2.75, 3.05) is 13.2 Å². The SMILES string of the molecule is Cc1ccc(OCCn2c(CCCCCNC(=O)c3ccccc3Cl)nc3ccccc32)c(C)c1. The zero-order chi connectivity index (χ0) is 24.6. The summed E-state index contributed by atoms with van der Waals surface area (Å²) in [5.74, 6) is 1.89. The third-order valence-electron chi connectivity index (χ3n) is 6.12. The summed E-state index contributed by atoms with van der Waals surface area (Å²) in [6, 6.07) is 21.6. The smallest absolute Gasteiger partial charge is 0.252 e. The average molecular weight is 490 g/mol. The number of benzene rings is 3. The van der Waals surface area contributed by atoms with Crippen molar-refractivity contribution in [3.63, 3.8) is 0 Å². The minimum Gasteiger partial charge on any atom is -0.491 e. The lowest BCUT2D eigenvalue weighted by atomic mass is 10.1. The highest BCUT2D eigenvalue weighted by molar-refractivity contribution is 6.33. The number of fused-ring (bicyclic) bond motifs is 1. The van der Waals surface area contributed by atoms with Gasteiger partial charge in [-0.25, -0.2) is 4.98 Å². The molecule has 1 N–H and O–H groups in total. The van der Waals surface area contributed by atoms with Gasteiger partial charge in [-0.2, -0.15) is 0 Å². The topological polar surface area (TPSA) is 56.1 Å². The zero-order valence-corrected chi connectivity index (χ0v) is 21.1. The molecule has 6 heteroatoms. The summed E-state index contributed by atoms with van der Waals surface area (Å²) in [4.78, 5) is 17.2. The van der Waals surface area contributed by atoms with Gasteiger partial charge in [-0.05, 0) is 62.6 Å². The van der Waals surface area contributed by atoms with Crippen LogP contribution in [0.5, 0.6) is 5.75 Å². The van der Waals surface area contributed by atoms with Crippen molar-refractivity contribution in [2.24, 2.45) is 0 Å². The fourth-order valence-corrected chi connectivity index (χ4v) is 4.52. The van der Waals surface area contributed by atoms with Gasteiger partial charge in [-0.15, -0.1) is 0 Å². The molecule has 0 atom stereocenters. The van der Waals surface area contributed by atoms with Crippen LogP contribution >= 0.6 is 11.6 Å². The molecule has 0 bridgehead atoms. The van der Waals surface area contributed by atoms with Crippen LogP contribution in [0.3, 0.4) is 0 Å². The normalized spacial score (nSPS) is 11.1. The van der Waals surface area contributed by atoms with E-state index in [4.69, 9.17) is 21.3 Å². The lowest BCUT2D eigenvalue weighted by Crippen LogP contribution is -2.24. The number of halogens is 1. The lowest BCUT2D eigenvalue weighted by molar-refractivity contribution is 0.0953. The molecule has 0 spiro atoms. The summed E-state index contributed by atoms with van der Waals surface area (Å²) in [6.45, 7) is 6.14. The summed E-state index contributed by atoms with van der Waals surface area (Å²) in [7, 11) is 0. The molecule has 0 saturated carbocycles. The number of ether oxygens (including phenoxy) is 1. The molecule has 1 aromatic heterocycles. The van der Waals surface area contributed by atoms with E-state index in [0.29, 0.717) is 23.7 Å². The van der Waals surface area contributed by atoms with E-state index in [2.05, 4.69) is 54.1 Å². The molecular weight excluding hydrogens is 458 g/mol. The third-order valence-corrected chi connectivity index (χ3v) is 6.45. The maximum Gasteiger partial charge on any atom is 0.252 e. The highest BCUT2D eigenvalue weighted by Gasteiger charge is 2.11. The molecule has 4 rings (SSSR count). The predicted molar refractivity (Wildman–Crippen MR) is 142 cm³/mol. The van der Waals surface area contributed by atoms with E-state index in [-0.39, 0.29) is 5.91 Å². The number of carbonyl (C=O) groups is 1. The van der Waals surface area contributed by atoms with Crippen molar-refractivity contribution in [1.82, 2.24) is 14.9 Å². The van der Waals surface area contributed by atoms with E-state index in [0.717, 1.165) is 60.4 Å². The minimum absolute atomic E-state index is 0.124. The summed E-state index contributed by atoms with van der Waals surface area (Å²) in [6.07, 6.45) is 3.80. The predicted octanol–water partition coefficient (Wildman–Crippen LogP) is 6.53. The van der Waals surface area contributed by atoms with Gasteiger partial charge >= 0.3 is 0 Å². The Morgan fingerprint density at radius 3 is 2.63 bits per heavy atom. The molecule has 1 amide bonds. The molecule has 1 heterocycles. The number of rotatable bonds is 11. The number of nitrogens with zero attached hydrogens (tertiary/aromatic N) is 2. The van der Waals surface area contributed by atoms with Gasteiger partial charge in [0.05, 0.1) is 28.2 Å². The Labute approximate surface area is 212 Å². The first-order valence-electron chi connectivity index (χ1n) is 12.2. The van der Waals surface area contributed by atoms with Crippen molar-refractivity contribution in [3.05, 3.63) is 94.3 Å². The highest BCUT2D eigenvalue weighted by Crippen LogP contribution is 2.21. The van der Waals surface area contributed by atoms with Crippen LogP contribution in [-0.2, 0) is 13.0 Å². The van der Waals surface area contributed by atoms with E-state index < -0.39 is 0 Å². The Kier molecular flexibility index (Phi) is 8.43. The van der Waals surface area contributed by atoms with Crippen molar-refractivity contribution < 1.29 is 9.53 Å². The third kappa shape index (κ3) is 6.43. The van der Waals surface area contributed by atoms with E-state index in [1.807, 2.05) is 24.3 Å². The molecule has 35 heavy (non-hydrogen) atoms. The number of unbranched alkanes of at least 4 members (excludes halogenated alkanes) is 2. The first kappa shape index (κ1) is 24.8. The number of nitrogens with one attached hydrogen (secondary N) is 1. The van der Waals surface area contributed by atoms with Gasteiger partial charge in [-0.3, -0.25) is 4.79 Å². The first-order chi connectivity index (χ1) is 17.0.